The second kappa shape index (κ2) is 9.49. The van der Waals surface area contributed by atoms with Crippen molar-refractivity contribution in [1.82, 2.24) is 29.1 Å². The lowest BCUT2D eigenvalue weighted by atomic mass is 10.1. The van der Waals surface area contributed by atoms with Crippen LogP contribution in [0.2, 0.25) is 0 Å². The summed E-state index contributed by atoms with van der Waals surface area (Å²) in [6.07, 6.45) is 3.77. The Bertz CT molecular complexity index is 1580. The highest BCUT2D eigenvalue weighted by Crippen LogP contribution is 2.37. The van der Waals surface area contributed by atoms with Crippen molar-refractivity contribution in [3.8, 4) is 5.69 Å². The summed E-state index contributed by atoms with van der Waals surface area (Å²) >= 11 is 0. The number of para-hydroxylation sites is 1. The van der Waals surface area contributed by atoms with Gasteiger partial charge in [-0.05, 0) is 43.5 Å². The van der Waals surface area contributed by atoms with Crippen LogP contribution in [-0.2, 0) is 9.47 Å². The molecule has 1 unspecified atom stereocenters. The third-order valence-electron chi connectivity index (χ3n) is 6.68. The second-order valence-corrected chi connectivity index (χ2v) is 8.97. The average Bonchev–Trinajstić information content (AvgIpc) is 3.51. The fourth-order valence-corrected chi connectivity index (χ4v) is 5.02. The average molecular weight is 506 g/mol. The van der Waals surface area contributed by atoms with Gasteiger partial charge in [0, 0.05) is 19.4 Å². The highest BCUT2D eigenvalue weighted by atomic mass is 19.2. The van der Waals surface area contributed by atoms with Crippen molar-refractivity contribution in [2.75, 3.05) is 26.1 Å². The third kappa shape index (κ3) is 3.91. The SMILES string of the molecule is COC[C@H](c1nc2ccc(F)c(F)c2n1-c1ccccc1)c1nc2c(N)ncnc2n1C1CCCCO1. The molecule has 1 aliphatic rings. The van der Waals surface area contributed by atoms with E-state index < -0.39 is 17.6 Å². The van der Waals surface area contributed by atoms with Crippen molar-refractivity contribution in [3.05, 3.63) is 72.1 Å². The maximum Gasteiger partial charge on any atom is 0.185 e. The van der Waals surface area contributed by atoms with Crippen molar-refractivity contribution in [3.63, 3.8) is 0 Å². The Morgan fingerprint density at radius 2 is 1.92 bits per heavy atom. The first-order valence-electron chi connectivity index (χ1n) is 12.1. The number of nitrogens with two attached hydrogens (primary N) is 1. The number of nitrogens with zero attached hydrogens (tertiary/aromatic N) is 6. The summed E-state index contributed by atoms with van der Waals surface area (Å²) in [7, 11) is 1.57. The molecule has 0 radical (unpaired) electrons. The van der Waals surface area contributed by atoms with Crippen LogP contribution in [0.25, 0.3) is 27.9 Å². The Hall–Kier alpha value is -3.96. The number of fused-ring (bicyclic) bond motifs is 2. The number of benzene rings is 2. The molecule has 1 aliphatic heterocycles. The molecular weight excluding hydrogens is 480 g/mol. The van der Waals surface area contributed by atoms with E-state index in [0.717, 1.165) is 25.3 Å². The summed E-state index contributed by atoms with van der Waals surface area (Å²) in [5.41, 5.74) is 8.14. The fourth-order valence-electron chi connectivity index (χ4n) is 5.02. The van der Waals surface area contributed by atoms with Gasteiger partial charge in [-0.1, -0.05) is 18.2 Å². The van der Waals surface area contributed by atoms with Crippen molar-refractivity contribution < 1.29 is 18.3 Å². The zero-order valence-electron chi connectivity index (χ0n) is 20.1. The van der Waals surface area contributed by atoms with E-state index in [1.165, 1.54) is 12.4 Å². The number of rotatable bonds is 6. The van der Waals surface area contributed by atoms with E-state index in [0.29, 0.717) is 40.6 Å². The van der Waals surface area contributed by atoms with Gasteiger partial charge in [0.15, 0.2) is 28.6 Å². The smallest absolute Gasteiger partial charge is 0.185 e. The molecule has 0 bridgehead atoms. The molecular formula is C26H25F2N7O2. The molecule has 1 fully saturated rings. The van der Waals surface area contributed by atoms with Crippen LogP contribution in [0.1, 0.15) is 43.1 Å². The molecule has 0 amide bonds. The van der Waals surface area contributed by atoms with Crippen molar-refractivity contribution in [2.45, 2.75) is 31.4 Å². The summed E-state index contributed by atoms with van der Waals surface area (Å²) in [6.45, 7) is 0.760. The van der Waals surface area contributed by atoms with Crippen LogP contribution in [0.3, 0.4) is 0 Å². The first kappa shape index (κ1) is 23.4. The number of anilines is 1. The van der Waals surface area contributed by atoms with E-state index in [1.807, 2.05) is 34.9 Å². The van der Waals surface area contributed by atoms with Gasteiger partial charge in [0.2, 0.25) is 0 Å². The summed E-state index contributed by atoms with van der Waals surface area (Å²) in [5.74, 6) is -1.31. The lowest BCUT2D eigenvalue weighted by molar-refractivity contribution is -0.0321. The van der Waals surface area contributed by atoms with E-state index in [1.54, 1.807) is 11.7 Å². The number of imidazole rings is 2. The molecule has 0 aliphatic carbocycles. The maximum atomic E-state index is 15.3. The first-order valence-corrected chi connectivity index (χ1v) is 12.1. The van der Waals surface area contributed by atoms with Gasteiger partial charge in [-0.25, -0.2) is 28.7 Å². The monoisotopic (exact) mass is 505 g/mol. The molecule has 2 N–H and O–H groups in total. The zero-order valence-corrected chi connectivity index (χ0v) is 20.1. The minimum atomic E-state index is -0.976. The van der Waals surface area contributed by atoms with Gasteiger partial charge in [0.1, 0.15) is 29.7 Å². The highest BCUT2D eigenvalue weighted by Gasteiger charge is 2.33. The Labute approximate surface area is 210 Å². The number of hydrogen-bond donors (Lipinski definition) is 1. The molecule has 1 saturated heterocycles. The van der Waals surface area contributed by atoms with Gasteiger partial charge in [0.05, 0.1) is 18.0 Å². The van der Waals surface area contributed by atoms with Gasteiger partial charge in [-0.2, -0.15) is 0 Å². The van der Waals surface area contributed by atoms with Gasteiger partial charge in [0.25, 0.3) is 0 Å². The number of hydrogen-bond acceptors (Lipinski definition) is 7. The van der Waals surface area contributed by atoms with Gasteiger partial charge < -0.3 is 15.2 Å². The molecule has 6 rings (SSSR count). The van der Waals surface area contributed by atoms with Crippen LogP contribution in [0.5, 0.6) is 0 Å². The van der Waals surface area contributed by atoms with Crippen LogP contribution < -0.4 is 5.73 Å². The Kier molecular flexibility index (Phi) is 6.01. The van der Waals surface area contributed by atoms with Crippen molar-refractivity contribution in [2.24, 2.45) is 0 Å². The number of aromatic nitrogens is 6. The molecule has 2 aromatic carbocycles. The Balaban J connectivity index is 1.65. The number of methoxy groups -OCH3 is 1. The summed E-state index contributed by atoms with van der Waals surface area (Å²) in [5, 5.41) is 0. The molecule has 5 aromatic rings. The minimum absolute atomic E-state index is 0.0400. The van der Waals surface area contributed by atoms with Gasteiger partial charge in [-0.15, -0.1) is 0 Å². The van der Waals surface area contributed by atoms with Gasteiger partial charge >= 0.3 is 0 Å². The molecule has 4 heterocycles. The predicted molar refractivity (Wildman–Crippen MR) is 133 cm³/mol. The molecule has 2 atom stereocenters. The molecule has 9 nitrogen and oxygen atoms in total. The largest absolute Gasteiger partial charge is 0.383 e. The molecule has 0 saturated carbocycles. The van der Waals surface area contributed by atoms with Crippen LogP contribution in [-0.4, -0.2) is 49.4 Å². The third-order valence-corrected chi connectivity index (χ3v) is 6.68. The van der Waals surface area contributed by atoms with Crippen LogP contribution >= 0.6 is 0 Å². The minimum Gasteiger partial charge on any atom is -0.383 e. The molecule has 11 heteroatoms. The quantitative estimate of drug-likeness (QED) is 0.362. The second-order valence-electron chi connectivity index (χ2n) is 8.97. The normalized spacial score (nSPS) is 17.0. The lowest BCUT2D eigenvalue weighted by Gasteiger charge is -2.27. The van der Waals surface area contributed by atoms with E-state index in [2.05, 4.69) is 9.97 Å². The number of halogens is 2. The maximum absolute atomic E-state index is 15.3. The Morgan fingerprint density at radius 3 is 2.68 bits per heavy atom. The molecule has 3 aromatic heterocycles. The zero-order chi connectivity index (χ0) is 25.5. The van der Waals surface area contributed by atoms with E-state index >= 15 is 4.39 Å². The highest BCUT2D eigenvalue weighted by molar-refractivity contribution is 5.83. The van der Waals surface area contributed by atoms with E-state index in [9.17, 15) is 4.39 Å². The van der Waals surface area contributed by atoms with Crippen LogP contribution in [0.4, 0.5) is 14.6 Å². The first-order chi connectivity index (χ1) is 18.1. The summed E-state index contributed by atoms with van der Waals surface area (Å²) in [6, 6.07) is 11.7. The fraction of sp³-hybridized carbons (Fsp3) is 0.308. The van der Waals surface area contributed by atoms with Crippen LogP contribution in [0, 0.1) is 11.6 Å². The summed E-state index contributed by atoms with van der Waals surface area (Å²) < 4.78 is 45.0. The van der Waals surface area contributed by atoms with Crippen molar-refractivity contribution in [1.29, 1.82) is 0 Å². The van der Waals surface area contributed by atoms with Crippen molar-refractivity contribution >= 4 is 28.0 Å². The Morgan fingerprint density at radius 1 is 1.08 bits per heavy atom. The van der Waals surface area contributed by atoms with E-state index in [-0.39, 0.29) is 24.2 Å². The molecule has 0 spiro atoms. The predicted octanol–water partition coefficient (Wildman–Crippen LogP) is 4.50. The standard InChI is InChI=1S/C26H25F2N7O2/c1-36-13-16(25-33-21-23(29)30-14-31-26(21)35(25)19-9-5-6-12-37-19)24-32-18-11-10-17(27)20(28)22(18)34(24)15-7-3-2-4-8-15/h2-4,7-8,10-11,14,16,19H,5-6,9,12-13H2,1H3,(H2,29,30,31)/t16-,19?/m1/s1. The molecule has 37 heavy (non-hydrogen) atoms. The summed E-state index contributed by atoms with van der Waals surface area (Å²) in [4.78, 5) is 18.2. The topological polar surface area (TPSA) is 106 Å². The lowest BCUT2D eigenvalue weighted by Crippen LogP contribution is -2.25. The van der Waals surface area contributed by atoms with Gasteiger partial charge in [-0.3, -0.25) is 9.13 Å². The molecule has 190 valence electrons. The number of nitrogen functional groups attached to an aromatic ring is 1. The van der Waals surface area contributed by atoms with Crippen LogP contribution in [0.15, 0.2) is 48.8 Å². The van der Waals surface area contributed by atoms with E-state index in [4.69, 9.17) is 25.2 Å². The number of ether oxygens (including phenoxy) is 2.